The Morgan fingerprint density at radius 3 is 2.75 bits per heavy atom. The Labute approximate surface area is 239 Å². The maximum Gasteiger partial charge on any atom is 0.318 e. The van der Waals surface area contributed by atoms with Gasteiger partial charge in [-0.15, -0.1) is 0 Å². The van der Waals surface area contributed by atoms with Crippen molar-refractivity contribution in [2.24, 2.45) is 0 Å². The van der Waals surface area contributed by atoms with E-state index in [-0.39, 0.29) is 0 Å². The lowest BCUT2D eigenvalue weighted by Gasteiger charge is -2.35. The van der Waals surface area contributed by atoms with Crippen LogP contribution < -0.4 is 14.5 Å². The lowest BCUT2D eigenvalue weighted by Crippen LogP contribution is -2.38. The van der Waals surface area contributed by atoms with Gasteiger partial charge in [-0.3, -0.25) is 0 Å². The van der Waals surface area contributed by atoms with E-state index < -0.39 is 0 Å². The Bertz CT molecular complexity index is 1580. The third kappa shape index (κ3) is 4.49. The Hall–Kier alpha value is -3.62. The van der Waals surface area contributed by atoms with Gasteiger partial charge in [0.2, 0.25) is 0 Å². The highest BCUT2D eigenvalue weighted by molar-refractivity contribution is 6.36. The van der Waals surface area contributed by atoms with Crippen LogP contribution in [0.15, 0.2) is 49.2 Å². The van der Waals surface area contributed by atoms with Crippen molar-refractivity contribution in [1.29, 1.82) is 0 Å². The highest BCUT2D eigenvalue weighted by atomic mass is 35.5. The molecule has 1 unspecified atom stereocenters. The molecule has 0 amide bonds. The summed E-state index contributed by atoms with van der Waals surface area (Å²) in [5.41, 5.74) is 4.43. The summed E-state index contributed by atoms with van der Waals surface area (Å²) >= 11 is 6.71. The molecule has 7 rings (SSSR count). The molecule has 2 aromatic heterocycles. The molecule has 40 heavy (non-hydrogen) atoms. The summed E-state index contributed by atoms with van der Waals surface area (Å²) in [6.45, 7) is 9.59. The van der Waals surface area contributed by atoms with Crippen molar-refractivity contribution in [2.75, 3.05) is 43.1 Å². The van der Waals surface area contributed by atoms with Crippen LogP contribution in [-0.2, 0) is 26.1 Å². The Morgan fingerprint density at radius 1 is 1.05 bits per heavy atom. The van der Waals surface area contributed by atoms with Crippen LogP contribution in [0.25, 0.3) is 16.8 Å². The SMILES string of the molecule is C=Cc1cnc2n1CCN(c1nc(OCC3CCCN3C)nc3c1CCN(c1cccc4cccc(Cl)c14)C3)C2. The van der Waals surface area contributed by atoms with E-state index in [1.807, 2.05) is 24.4 Å². The summed E-state index contributed by atoms with van der Waals surface area (Å²) in [5, 5.41) is 3.01. The second kappa shape index (κ2) is 10.4. The van der Waals surface area contributed by atoms with E-state index >= 15 is 0 Å². The molecule has 1 fully saturated rings. The van der Waals surface area contributed by atoms with Crippen molar-refractivity contribution < 1.29 is 4.74 Å². The number of rotatable bonds is 6. The molecule has 0 aliphatic carbocycles. The Morgan fingerprint density at radius 2 is 1.93 bits per heavy atom. The number of nitrogens with zero attached hydrogens (tertiary/aromatic N) is 7. The number of anilines is 2. The first-order valence-corrected chi connectivity index (χ1v) is 14.5. The van der Waals surface area contributed by atoms with Gasteiger partial charge < -0.3 is 24.0 Å². The smallest absolute Gasteiger partial charge is 0.318 e. The van der Waals surface area contributed by atoms with Crippen molar-refractivity contribution in [3.63, 3.8) is 0 Å². The van der Waals surface area contributed by atoms with E-state index in [0.29, 0.717) is 31.7 Å². The predicted molar refractivity (Wildman–Crippen MR) is 160 cm³/mol. The Kier molecular flexibility index (Phi) is 6.60. The monoisotopic (exact) mass is 555 g/mol. The number of imidazole rings is 1. The van der Waals surface area contributed by atoms with Gasteiger partial charge in [0.15, 0.2) is 0 Å². The highest BCUT2D eigenvalue weighted by Crippen LogP contribution is 2.37. The Balaban J connectivity index is 1.24. The van der Waals surface area contributed by atoms with Crippen LogP contribution >= 0.6 is 11.6 Å². The largest absolute Gasteiger partial charge is 0.462 e. The standard InChI is InChI=1S/C31H34ClN7O/c1-3-22-17-33-28-19-38(15-16-39(22)28)30-24-12-14-37(27-11-5-8-21-7-4-10-25(32)29(21)27)18-26(24)34-31(35-30)40-20-23-9-6-13-36(23)2/h3-5,7-8,10-11,17,23H,1,6,9,12-16,18-20H2,2H3. The van der Waals surface area contributed by atoms with Crippen LogP contribution in [0.3, 0.4) is 0 Å². The van der Waals surface area contributed by atoms with Gasteiger partial charge in [0.05, 0.1) is 35.7 Å². The minimum Gasteiger partial charge on any atom is -0.462 e. The molecule has 206 valence electrons. The number of hydrogen-bond donors (Lipinski definition) is 0. The average Bonchev–Trinajstić information content (AvgIpc) is 3.60. The second-order valence-electron chi connectivity index (χ2n) is 11.0. The summed E-state index contributed by atoms with van der Waals surface area (Å²) in [5.74, 6) is 2.01. The molecule has 1 saturated heterocycles. The first-order valence-electron chi connectivity index (χ1n) is 14.2. The minimum absolute atomic E-state index is 0.400. The number of halogens is 1. The second-order valence-corrected chi connectivity index (χ2v) is 11.4. The molecular weight excluding hydrogens is 522 g/mol. The molecule has 0 bridgehead atoms. The summed E-state index contributed by atoms with van der Waals surface area (Å²) in [6, 6.07) is 13.3. The quantitative estimate of drug-likeness (QED) is 0.325. The fourth-order valence-electron chi connectivity index (χ4n) is 6.45. The van der Waals surface area contributed by atoms with E-state index in [2.05, 4.69) is 62.1 Å². The van der Waals surface area contributed by atoms with E-state index in [4.69, 9.17) is 26.3 Å². The van der Waals surface area contributed by atoms with Crippen molar-refractivity contribution in [2.45, 2.75) is 44.9 Å². The maximum atomic E-state index is 6.71. The van der Waals surface area contributed by atoms with Gasteiger partial charge in [-0.25, -0.2) is 4.98 Å². The normalized spacial score (nSPS) is 19.1. The molecule has 0 spiro atoms. The minimum atomic E-state index is 0.400. The third-order valence-electron chi connectivity index (χ3n) is 8.68. The number of likely N-dealkylation sites (tertiary alicyclic amines) is 1. The van der Waals surface area contributed by atoms with Crippen LogP contribution in [0.2, 0.25) is 5.02 Å². The van der Waals surface area contributed by atoms with Gasteiger partial charge >= 0.3 is 6.01 Å². The van der Waals surface area contributed by atoms with Crippen molar-refractivity contribution in [1.82, 2.24) is 24.4 Å². The molecule has 9 heteroatoms. The molecule has 0 saturated carbocycles. The molecule has 0 radical (unpaired) electrons. The van der Waals surface area contributed by atoms with Gasteiger partial charge in [-0.05, 0) is 56.4 Å². The van der Waals surface area contributed by atoms with Crippen LogP contribution in [-0.4, -0.2) is 63.7 Å². The molecule has 3 aliphatic rings. The summed E-state index contributed by atoms with van der Waals surface area (Å²) < 4.78 is 8.56. The zero-order valence-electron chi connectivity index (χ0n) is 22.9. The first-order chi connectivity index (χ1) is 19.6. The average molecular weight is 556 g/mol. The fraction of sp³-hybridized carbons (Fsp3) is 0.387. The van der Waals surface area contributed by atoms with Gasteiger partial charge in [0.1, 0.15) is 18.2 Å². The zero-order valence-corrected chi connectivity index (χ0v) is 23.6. The number of likely N-dealkylation sites (N-methyl/N-ethyl adjacent to an activating group) is 1. The summed E-state index contributed by atoms with van der Waals surface area (Å²) in [6.07, 6.45) is 6.97. The van der Waals surface area contributed by atoms with Gasteiger partial charge in [0.25, 0.3) is 0 Å². The molecular formula is C31H34ClN7O. The number of ether oxygens (including phenoxy) is 1. The van der Waals surface area contributed by atoms with Crippen molar-refractivity contribution in [3.8, 4) is 6.01 Å². The molecule has 8 nitrogen and oxygen atoms in total. The van der Waals surface area contributed by atoms with E-state index in [1.54, 1.807) is 0 Å². The number of benzene rings is 2. The fourth-order valence-corrected chi connectivity index (χ4v) is 6.73. The van der Waals surface area contributed by atoms with Crippen LogP contribution in [0.5, 0.6) is 6.01 Å². The summed E-state index contributed by atoms with van der Waals surface area (Å²) in [4.78, 5) is 21.8. The van der Waals surface area contributed by atoms with Crippen molar-refractivity contribution >= 4 is 40.0 Å². The molecule has 2 aromatic carbocycles. The number of aromatic nitrogens is 4. The lowest BCUT2D eigenvalue weighted by atomic mass is 10.0. The van der Waals surface area contributed by atoms with Gasteiger partial charge in [0, 0.05) is 42.3 Å². The van der Waals surface area contributed by atoms with Crippen LogP contribution in [0, 0.1) is 0 Å². The van der Waals surface area contributed by atoms with E-state index in [1.165, 1.54) is 12.0 Å². The molecule has 0 N–H and O–H groups in total. The van der Waals surface area contributed by atoms with Crippen LogP contribution in [0.1, 0.15) is 35.6 Å². The summed E-state index contributed by atoms with van der Waals surface area (Å²) in [7, 11) is 2.17. The predicted octanol–water partition coefficient (Wildman–Crippen LogP) is 5.18. The van der Waals surface area contributed by atoms with Gasteiger partial charge in [-0.2, -0.15) is 9.97 Å². The highest BCUT2D eigenvalue weighted by Gasteiger charge is 2.30. The van der Waals surface area contributed by atoms with Crippen molar-refractivity contribution in [3.05, 3.63) is 77.0 Å². The maximum absolute atomic E-state index is 6.71. The van der Waals surface area contributed by atoms with Gasteiger partial charge in [-0.1, -0.05) is 42.4 Å². The van der Waals surface area contributed by atoms with E-state index in [9.17, 15) is 0 Å². The molecule has 4 aromatic rings. The lowest BCUT2D eigenvalue weighted by molar-refractivity contribution is 0.187. The topological polar surface area (TPSA) is 62.6 Å². The third-order valence-corrected chi connectivity index (χ3v) is 8.99. The number of fused-ring (bicyclic) bond motifs is 3. The number of hydrogen-bond acceptors (Lipinski definition) is 7. The zero-order chi connectivity index (χ0) is 27.2. The molecule has 1 atom stereocenters. The molecule has 3 aliphatic heterocycles. The first kappa shape index (κ1) is 25.4. The van der Waals surface area contributed by atoms with Crippen LogP contribution in [0.4, 0.5) is 11.5 Å². The molecule has 5 heterocycles. The van der Waals surface area contributed by atoms with E-state index in [0.717, 1.165) is 83.5 Å².